The number of ether oxygens (including phenoxy) is 3. The number of nitrogens with two attached hydrogens (primary N) is 1. The summed E-state index contributed by atoms with van der Waals surface area (Å²) in [6.07, 6.45) is -1.05. The van der Waals surface area contributed by atoms with Gasteiger partial charge in [-0.15, -0.1) is 0 Å². The molecule has 2 heterocycles. The Morgan fingerprint density at radius 1 is 1.17 bits per heavy atom. The number of hydrogen-bond acceptors (Lipinski definition) is 9. The highest BCUT2D eigenvalue weighted by molar-refractivity contribution is 6.25. The Hall–Kier alpha value is -3.51. The molecule has 1 fully saturated rings. The summed E-state index contributed by atoms with van der Waals surface area (Å²) in [6.45, 7) is 7.13. The van der Waals surface area contributed by atoms with Gasteiger partial charge < -0.3 is 25.3 Å². The monoisotopic (exact) mass is 504 g/mol. The van der Waals surface area contributed by atoms with Gasteiger partial charge in [0, 0.05) is 18.7 Å². The third kappa shape index (κ3) is 6.38. The van der Waals surface area contributed by atoms with Crippen molar-refractivity contribution in [3.05, 3.63) is 29.3 Å². The fourth-order valence-corrected chi connectivity index (χ4v) is 3.98. The second-order valence-corrected chi connectivity index (χ2v) is 9.57. The van der Waals surface area contributed by atoms with Crippen LogP contribution in [0.2, 0.25) is 0 Å². The van der Waals surface area contributed by atoms with Gasteiger partial charge in [0.15, 0.2) is 0 Å². The molecule has 12 nitrogen and oxygen atoms in total. The van der Waals surface area contributed by atoms with Crippen molar-refractivity contribution in [3.63, 3.8) is 0 Å². The van der Waals surface area contributed by atoms with Crippen molar-refractivity contribution in [1.82, 2.24) is 10.2 Å². The van der Waals surface area contributed by atoms with Crippen LogP contribution in [0, 0.1) is 5.41 Å². The molecule has 1 aromatic carbocycles. The zero-order valence-corrected chi connectivity index (χ0v) is 20.6. The summed E-state index contributed by atoms with van der Waals surface area (Å²) in [5.74, 6) is -2.21. The predicted molar refractivity (Wildman–Crippen MR) is 127 cm³/mol. The van der Waals surface area contributed by atoms with E-state index in [1.54, 1.807) is 12.1 Å². The Labute approximate surface area is 208 Å². The summed E-state index contributed by atoms with van der Waals surface area (Å²) in [5, 5.41) is 5.28. The van der Waals surface area contributed by atoms with Gasteiger partial charge >= 0.3 is 6.09 Å². The first-order chi connectivity index (χ1) is 17.0. The van der Waals surface area contributed by atoms with E-state index in [0.717, 1.165) is 4.90 Å². The van der Waals surface area contributed by atoms with E-state index in [0.29, 0.717) is 25.4 Å². The maximum Gasteiger partial charge on any atom is 0.404 e. The average molecular weight is 505 g/mol. The first kappa shape index (κ1) is 27.1. The summed E-state index contributed by atoms with van der Waals surface area (Å²) < 4.78 is 16.2. The first-order valence-electron chi connectivity index (χ1n) is 11.7. The maximum absolute atomic E-state index is 13.1. The number of hydrogen-bond donors (Lipinski definition) is 3. The van der Waals surface area contributed by atoms with Crippen LogP contribution in [0.4, 0.5) is 10.5 Å². The lowest BCUT2D eigenvalue weighted by atomic mass is 9.89. The van der Waals surface area contributed by atoms with Crippen LogP contribution in [0.15, 0.2) is 18.2 Å². The van der Waals surface area contributed by atoms with Crippen LogP contribution in [0.25, 0.3) is 0 Å². The molecular weight excluding hydrogens is 472 g/mol. The number of anilines is 1. The Balaban J connectivity index is 1.49. The minimum absolute atomic E-state index is 0.0437. The number of rotatable bonds is 11. The predicted octanol–water partition coefficient (Wildman–Crippen LogP) is 1.04. The molecule has 0 aliphatic carbocycles. The van der Waals surface area contributed by atoms with Crippen molar-refractivity contribution in [2.45, 2.75) is 45.8 Å². The number of imide groups is 2. The van der Waals surface area contributed by atoms with Gasteiger partial charge in [0.2, 0.25) is 11.8 Å². The molecule has 2 aliphatic heterocycles. The highest BCUT2D eigenvalue weighted by atomic mass is 16.6. The highest BCUT2D eigenvalue weighted by Crippen LogP contribution is 2.32. The van der Waals surface area contributed by atoms with Crippen LogP contribution in [0.3, 0.4) is 0 Å². The zero-order valence-electron chi connectivity index (χ0n) is 20.6. The molecule has 2 unspecified atom stereocenters. The molecule has 3 rings (SSSR count). The fourth-order valence-electron chi connectivity index (χ4n) is 3.98. The van der Waals surface area contributed by atoms with Crippen molar-refractivity contribution in [2.24, 2.45) is 11.1 Å². The first-order valence-corrected chi connectivity index (χ1v) is 11.7. The highest BCUT2D eigenvalue weighted by Gasteiger charge is 2.45. The minimum Gasteiger partial charge on any atom is -0.447 e. The number of piperidine rings is 1. The number of primary amides is 1. The number of fused-ring (bicyclic) bond motifs is 1. The number of amides is 5. The SMILES string of the molecule is CC(C)(C)C(COC(N)=O)OCCOCCNc1cccc2c1C(=O)N(C1CCC(=O)NC1=O)C2=O. The van der Waals surface area contributed by atoms with Gasteiger partial charge in [0.25, 0.3) is 11.8 Å². The summed E-state index contributed by atoms with van der Waals surface area (Å²) in [7, 11) is 0. The number of nitrogens with one attached hydrogen (secondary N) is 2. The van der Waals surface area contributed by atoms with Gasteiger partial charge in [-0.3, -0.25) is 29.4 Å². The molecule has 12 heteroatoms. The van der Waals surface area contributed by atoms with Crippen molar-refractivity contribution in [2.75, 3.05) is 38.3 Å². The normalized spacial score (nSPS) is 18.6. The third-order valence-electron chi connectivity index (χ3n) is 5.92. The van der Waals surface area contributed by atoms with Gasteiger partial charge in [-0.2, -0.15) is 0 Å². The molecule has 196 valence electrons. The second kappa shape index (κ2) is 11.5. The molecule has 1 saturated heterocycles. The van der Waals surface area contributed by atoms with Crippen LogP contribution < -0.4 is 16.4 Å². The molecule has 4 N–H and O–H groups in total. The fraction of sp³-hybridized carbons (Fsp3) is 0.542. The topological polar surface area (TPSA) is 166 Å². The molecule has 0 saturated carbocycles. The van der Waals surface area contributed by atoms with Crippen LogP contribution in [-0.2, 0) is 23.8 Å². The number of carbonyl (C=O) groups is 5. The lowest BCUT2D eigenvalue weighted by molar-refractivity contribution is -0.136. The van der Waals surface area contributed by atoms with Crippen LogP contribution >= 0.6 is 0 Å². The molecule has 0 radical (unpaired) electrons. The molecule has 0 bridgehead atoms. The minimum atomic E-state index is -1.02. The lowest BCUT2D eigenvalue weighted by Gasteiger charge is -2.30. The molecule has 5 amide bonds. The standard InChI is InChI=1S/C24H32N4O8/c1-24(2,3)17(13-36-23(25)33)35-12-11-34-10-9-26-15-6-4-5-14-19(15)22(32)28(21(14)31)16-7-8-18(29)27-20(16)30/h4-6,16-17,26H,7-13H2,1-3H3,(H2,25,33)(H,27,29,30). The zero-order chi connectivity index (χ0) is 26.5. The summed E-state index contributed by atoms with van der Waals surface area (Å²) in [4.78, 5) is 61.4. The van der Waals surface area contributed by atoms with Crippen LogP contribution in [0.1, 0.15) is 54.3 Å². The number of nitrogens with zero attached hydrogens (tertiary/aromatic N) is 1. The summed E-state index contributed by atoms with van der Waals surface area (Å²) >= 11 is 0. The Morgan fingerprint density at radius 2 is 1.92 bits per heavy atom. The maximum atomic E-state index is 13.1. The van der Waals surface area contributed by atoms with E-state index in [1.165, 1.54) is 6.07 Å². The quantitative estimate of drug-likeness (QED) is 0.295. The van der Waals surface area contributed by atoms with Crippen molar-refractivity contribution in [3.8, 4) is 0 Å². The molecule has 36 heavy (non-hydrogen) atoms. The van der Waals surface area contributed by atoms with E-state index in [1.807, 2.05) is 20.8 Å². The van der Waals surface area contributed by atoms with Crippen molar-refractivity contribution in [1.29, 1.82) is 0 Å². The molecule has 0 spiro atoms. The summed E-state index contributed by atoms with van der Waals surface area (Å²) in [5.41, 5.74) is 5.61. The largest absolute Gasteiger partial charge is 0.447 e. The van der Waals surface area contributed by atoms with Gasteiger partial charge in [-0.05, 0) is 24.0 Å². The Morgan fingerprint density at radius 3 is 2.58 bits per heavy atom. The van der Waals surface area contributed by atoms with E-state index in [4.69, 9.17) is 19.9 Å². The van der Waals surface area contributed by atoms with E-state index < -0.39 is 35.8 Å². The van der Waals surface area contributed by atoms with E-state index in [2.05, 4.69) is 10.6 Å². The van der Waals surface area contributed by atoms with Crippen LogP contribution in [-0.4, -0.2) is 79.7 Å². The molecule has 1 aromatic rings. The van der Waals surface area contributed by atoms with Gasteiger partial charge in [-0.1, -0.05) is 26.8 Å². The summed E-state index contributed by atoms with van der Waals surface area (Å²) in [6, 6.07) is 3.84. The van der Waals surface area contributed by atoms with Crippen LogP contribution in [0.5, 0.6) is 0 Å². The number of benzene rings is 1. The molecule has 0 aromatic heterocycles. The van der Waals surface area contributed by atoms with E-state index in [-0.39, 0.29) is 48.7 Å². The smallest absolute Gasteiger partial charge is 0.404 e. The van der Waals surface area contributed by atoms with E-state index in [9.17, 15) is 24.0 Å². The van der Waals surface area contributed by atoms with Gasteiger partial charge in [-0.25, -0.2) is 4.79 Å². The Kier molecular flexibility index (Phi) is 8.64. The van der Waals surface area contributed by atoms with Gasteiger partial charge in [0.1, 0.15) is 12.6 Å². The molecule has 2 aliphatic rings. The number of carbonyl (C=O) groups excluding carboxylic acids is 5. The molecular formula is C24H32N4O8. The molecule has 2 atom stereocenters. The Bertz CT molecular complexity index is 1040. The lowest BCUT2D eigenvalue weighted by Crippen LogP contribution is -2.54. The van der Waals surface area contributed by atoms with E-state index >= 15 is 0 Å². The second-order valence-electron chi connectivity index (χ2n) is 9.57. The van der Waals surface area contributed by atoms with Crippen molar-refractivity contribution >= 4 is 35.4 Å². The average Bonchev–Trinajstić information content (AvgIpc) is 3.05. The van der Waals surface area contributed by atoms with Crippen molar-refractivity contribution < 1.29 is 38.2 Å². The third-order valence-corrected chi connectivity index (χ3v) is 5.92. The van der Waals surface area contributed by atoms with Gasteiger partial charge in [0.05, 0.1) is 37.1 Å².